The van der Waals surface area contributed by atoms with Gasteiger partial charge in [-0.1, -0.05) is 27.5 Å². The maximum Gasteiger partial charge on any atom is 0.174 e. The third-order valence-corrected chi connectivity index (χ3v) is 3.68. The second-order valence-corrected chi connectivity index (χ2v) is 4.77. The van der Waals surface area contributed by atoms with Gasteiger partial charge in [0, 0.05) is 9.13 Å². The van der Waals surface area contributed by atoms with Gasteiger partial charge in [-0.25, -0.2) is 0 Å². The number of benzene rings is 1. The van der Waals surface area contributed by atoms with Crippen LogP contribution in [0.1, 0.15) is 15.9 Å². The zero-order valence-corrected chi connectivity index (χ0v) is 11.4. The van der Waals surface area contributed by atoms with E-state index >= 15 is 0 Å². The molecule has 0 aliphatic heterocycles. The zero-order chi connectivity index (χ0) is 10.0. The number of carbonyl (C=O) groups is 1. The minimum absolute atomic E-state index is 0.0200. The van der Waals surface area contributed by atoms with Gasteiger partial charge in [-0.3, -0.25) is 4.79 Å². The molecule has 0 N–H and O–H groups in total. The van der Waals surface area contributed by atoms with Crippen LogP contribution in [0.4, 0.5) is 0 Å². The van der Waals surface area contributed by atoms with Crippen molar-refractivity contribution in [2.24, 2.45) is 0 Å². The Morgan fingerprint density at radius 1 is 1.62 bits per heavy atom. The van der Waals surface area contributed by atoms with Gasteiger partial charge >= 0.3 is 0 Å². The molecule has 4 heteroatoms. The van der Waals surface area contributed by atoms with Crippen LogP contribution in [0, 0.1) is 10.5 Å². The molecule has 0 unspecified atom stereocenters. The Bertz CT molecular complexity index is 352. The molecule has 13 heavy (non-hydrogen) atoms. The second-order valence-electron chi connectivity index (χ2n) is 2.67. The Labute approximate surface area is 104 Å². The first-order chi connectivity index (χ1) is 6.06. The zero-order valence-electron chi connectivity index (χ0n) is 6.90. The first-order valence-electron chi connectivity index (χ1n) is 3.61. The van der Waals surface area contributed by atoms with Gasteiger partial charge in [0.05, 0.1) is 10.4 Å². The van der Waals surface area contributed by atoms with Crippen molar-refractivity contribution in [1.82, 2.24) is 0 Å². The van der Waals surface area contributed by atoms with E-state index in [-0.39, 0.29) is 5.78 Å². The molecule has 0 atom stereocenters. The highest BCUT2D eigenvalue weighted by Gasteiger charge is 2.11. The summed E-state index contributed by atoms with van der Waals surface area (Å²) in [6.07, 6.45) is 0. The molecule has 0 saturated heterocycles. The number of hydrogen-bond donors (Lipinski definition) is 0. The molecule has 0 aliphatic rings. The molecule has 1 aromatic carbocycles. The van der Waals surface area contributed by atoms with Crippen LogP contribution in [0.25, 0.3) is 0 Å². The fourth-order valence-electron chi connectivity index (χ4n) is 0.999. The SMILES string of the molecule is Cc1cc(I)c(Cl)c(C(=O)CBr)c1. The predicted molar refractivity (Wildman–Crippen MR) is 67.0 cm³/mol. The lowest BCUT2D eigenvalue weighted by Crippen LogP contribution is -2.02. The van der Waals surface area contributed by atoms with Crippen LogP contribution in [-0.4, -0.2) is 11.1 Å². The summed E-state index contributed by atoms with van der Waals surface area (Å²) < 4.78 is 0.920. The molecule has 0 aliphatic carbocycles. The molecule has 0 amide bonds. The smallest absolute Gasteiger partial charge is 0.174 e. The van der Waals surface area contributed by atoms with Crippen molar-refractivity contribution in [3.05, 3.63) is 31.9 Å². The fourth-order valence-corrected chi connectivity index (χ4v) is 2.30. The quantitative estimate of drug-likeness (QED) is 0.437. The Kier molecular flexibility index (Phi) is 4.19. The minimum atomic E-state index is 0.0200. The number of Topliss-reactive ketones (excluding diaryl/α,β-unsaturated/α-hetero) is 1. The molecule has 1 rings (SSSR count). The lowest BCUT2D eigenvalue weighted by atomic mass is 10.1. The summed E-state index contributed by atoms with van der Waals surface area (Å²) in [5.74, 6) is 0.0200. The van der Waals surface area contributed by atoms with E-state index in [1.807, 2.05) is 19.1 Å². The second kappa shape index (κ2) is 4.75. The number of hydrogen-bond acceptors (Lipinski definition) is 1. The summed E-state index contributed by atoms with van der Waals surface area (Å²) in [6.45, 7) is 1.95. The van der Waals surface area contributed by atoms with Gasteiger partial charge in [-0.2, -0.15) is 0 Å². The van der Waals surface area contributed by atoms with Crippen molar-refractivity contribution in [1.29, 1.82) is 0 Å². The number of alkyl halides is 1. The van der Waals surface area contributed by atoms with E-state index in [1.54, 1.807) is 0 Å². The first kappa shape index (κ1) is 11.5. The van der Waals surface area contributed by atoms with Gasteiger partial charge in [0.1, 0.15) is 0 Å². The fraction of sp³-hybridized carbons (Fsp3) is 0.222. The van der Waals surface area contributed by atoms with E-state index in [0.29, 0.717) is 15.9 Å². The third-order valence-electron chi connectivity index (χ3n) is 1.59. The first-order valence-corrected chi connectivity index (χ1v) is 6.19. The average Bonchev–Trinajstić information content (AvgIpc) is 2.10. The molecule has 0 saturated carbocycles. The van der Waals surface area contributed by atoms with E-state index in [0.717, 1.165) is 9.13 Å². The monoisotopic (exact) mass is 372 g/mol. The molecule has 0 spiro atoms. The van der Waals surface area contributed by atoms with Crippen molar-refractivity contribution in [2.75, 3.05) is 5.33 Å². The maximum absolute atomic E-state index is 11.4. The molecule has 1 nitrogen and oxygen atoms in total. The molecule has 0 fully saturated rings. The summed E-state index contributed by atoms with van der Waals surface area (Å²) in [6, 6.07) is 3.77. The third kappa shape index (κ3) is 2.67. The van der Waals surface area contributed by atoms with E-state index in [1.165, 1.54) is 0 Å². The van der Waals surface area contributed by atoms with Crippen molar-refractivity contribution < 1.29 is 4.79 Å². The molecule has 0 aromatic heterocycles. The normalized spacial score (nSPS) is 10.2. The van der Waals surface area contributed by atoms with Crippen molar-refractivity contribution in [2.45, 2.75) is 6.92 Å². The summed E-state index contributed by atoms with van der Waals surface area (Å²) in [7, 11) is 0. The van der Waals surface area contributed by atoms with Gasteiger partial charge in [0.2, 0.25) is 0 Å². The van der Waals surface area contributed by atoms with Crippen LogP contribution in [0.2, 0.25) is 5.02 Å². The number of aryl methyl sites for hydroxylation is 1. The Hall–Kier alpha value is 0.390. The van der Waals surface area contributed by atoms with Gasteiger partial charge in [-0.05, 0) is 47.2 Å². The van der Waals surface area contributed by atoms with Crippen LogP contribution in [0.5, 0.6) is 0 Å². The summed E-state index contributed by atoms with van der Waals surface area (Å²) in [5, 5.41) is 0.863. The summed E-state index contributed by atoms with van der Waals surface area (Å²) >= 11 is 11.2. The van der Waals surface area contributed by atoms with E-state index in [4.69, 9.17) is 11.6 Å². The molecule has 0 heterocycles. The number of ketones is 1. The number of halogens is 3. The predicted octanol–water partition coefficient (Wildman–Crippen LogP) is 3.83. The molecule has 70 valence electrons. The van der Waals surface area contributed by atoms with Gasteiger partial charge in [0.15, 0.2) is 5.78 Å². The minimum Gasteiger partial charge on any atom is -0.293 e. The number of rotatable bonds is 2. The van der Waals surface area contributed by atoms with Gasteiger partial charge < -0.3 is 0 Å². The summed E-state index contributed by atoms with van der Waals surface area (Å²) in [4.78, 5) is 11.4. The Balaban J connectivity index is 3.28. The molecule has 0 bridgehead atoms. The van der Waals surface area contributed by atoms with Crippen LogP contribution in [0.3, 0.4) is 0 Å². The highest BCUT2D eigenvalue weighted by Crippen LogP contribution is 2.25. The number of carbonyl (C=O) groups excluding carboxylic acids is 1. The Morgan fingerprint density at radius 2 is 2.23 bits per heavy atom. The Morgan fingerprint density at radius 3 is 2.77 bits per heavy atom. The van der Waals surface area contributed by atoms with Crippen LogP contribution in [0.15, 0.2) is 12.1 Å². The van der Waals surface area contributed by atoms with Crippen LogP contribution < -0.4 is 0 Å². The van der Waals surface area contributed by atoms with E-state index in [2.05, 4.69) is 38.5 Å². The van der Waals surface area contributed by atoms with Crippen LogP contribution in [-0.2, 0) is 0 Å². The lowest BCUT2D eigenvalue weighted by molar-refractivity contribution is 0.102. The van der Waals surface area contributed by atoms with E-state index in [9.17, 15) is 4.79 Å². The highest BCUT2D eigenvalue weighted by atomic mass is 127. The maximum atomic E-state index is 11.4. The molecular weight excluding hydrogens is 366 g/mol. The van der Waals surface area contributed by atoms with Crippen molar-refractivity contribution in [3.8, 4) is 0 Å². The molecule has 0 radical (unpaired) electrons. The molecular formula is C9H7BrClIO. The van der Waals surface area contributed by atoms with Crippen LogP contribution >= 0.6 is 50.1 Å². The van der Waals surface area contributed by atoms with Gasteiger partial charge in [-0.15, -0.1) is 0 Å². The van der Waals surface area contributed by atoms with Crippen molar-refractivity contribution >= 4 is 55.9 Å². The largest absolute Gasteiger partial charge is 0.293 e. The standard InChI is InChI=1S/C9H7BrClIO/c1-5-2-6(8(13)4-10)9(11)7(12)3-5/h2-3H,4H2,1H3. The lowest BCUT2D eigenvalue weighted by Gasteiger charge is -2.04. The average molecular weight is 373 g/mol. The topological polar surface area (TPSA) is 17.1 Å². The molecule has 1 aromatic rings. The highest BCUT2D eigenvalue weighted by molar-refractivity contribution is 14.1. The van der Waals surface area contributed by atoms with Gasteiger partial charge in [0.25, 0.3) is 0 Å². The summed E-state index contributed by atoms with van der Waals surface area (Å²) in [5.41, 5.74) is 1.65. The van der Waals surface area contributed by atoms with Crippen molar-refractivity contribution in [3.63, 3.8) is 0 Å². The van der Waals surface area contributed by atoms with E-state index < -0.39 is 0 Å².